The highest BCUT2D eigenvalue weighted by Gasteiger charge is 1.96. The molecule has 0 aliphatic heterocycles. The summed E-state index contributed by atoms with van der Waals surface area (Å²) < 4.78 is 10.2. The molecule has 0 bridgehead atoms. The van der Waals surface area contributed by atoms with Crippen molar-refractivity contribution in [2.75, 3.05) is 34.0 Å². The molecular formula is C10H23NO2. The second kappa shape index (κ2) is 9.96. The van der Waals surface area contributed by atoms with E-state index in [9.17, 15) is 0 Å². The molecule has 0 amide bonds. The summed E-state index contributed by atoms with van der Waals surface area (Å²) in [4.78, 5) is 0. The first-order chi connectivity index (χ1) is 6.31. The van der Waals surface area contributed by atoms with Crippen LogP contribution in [0.1, 0.15) is 26.2 Å². The quantitative estimate of drug-likeness (QED) is 0.557. The van der Waals surface area contributed by atoms with Gasteiger partial charge in [-0.3, -0.25) is 0 Å². The molecule has 3 heteroatoms. The van der Waals surface area contributed by atoms with Crippen LogP contribution in [-0.4, -0.2) is 40.0 Å². The molecule has 3 nitrogen and oxygen atoms in total. The molecule has 0 aromatic heterocycles. The lowest BCUT2D eigenvalue weighted by molar-refractivity contribution is 0.0684. The van der Waals surface area contributed by atoms with Gasteiger partial charge in [-0.05, 0) is 33.2 Å². The third kappa shape index (κ3) is 9.80. The van der Waals surface area contributed by atoms with E-state index in [-0.39, 0.29) is 0 Å². The summed E-state index contributed by atoms with van der Waals surface area (Å²) in [6.45, 7) is 4.48. The zero-order valence-corrected chi connectivity index (χ0v) is 9.14. The van der Waals surface area contributed by atoms with Crippen LogP contribution in [0.2, 0.25) is 0 Å². The summed E-state index contributed by atoms with van der Waals surface area (Å²) in [7, 11) is 3.69. The van der Waals surface area contributed by atoms with E-state index in [4.69, 9.17) is 9.47 Å². The van der Waals surface area contributed by atoms with E-state index >= 15 is 0 Å². The van der Waals surface area contributed by atoms with Crippen LogP contribution in [0.5, 0.6) is 0 Å². The number of nitrogens with one attached hydrogen (secondary N) is 1. The smallest absolute Gasteiger partial charge is 0.0700 e. The van der Waals surface area contributed by atoms with Crippen molar-refractivity contribution < 1.29 is 9.47 Å². The Kier molecular flexibility index (Phi) is 9.87. The van der Waals surface area contributed by atoms with Crippen LogP contribution in [-0.2, 0) is 9.47 Å². The van der Waals surface area contributed by atoms with E-state index < -0.39 is 0 Å². The number of unbranched alkanes of at least 4 members (excludes halogenated alkanes) is 1. The molecular weight excluding hydrogens is 166 g/mol. The highest BCUT2D eigenvalue weighted by atomic mass is 16.5. The minimum absolute atomic E-state index is 0.624. The third-order valence-corrected chi connectivity index (χ3v) is 2.10. The molecule has 0 aromatic rings. The summed E-state index contributed by atoms with van der Waals surface area (Å²) in [5.74, 6) is 0. The Morgan fingerprint density at radius 1 is 1.15 bits per heavy atom. The second-order valence-electron chi connectivity index (χ2n) is 3.29. The lowest BCUT2D eigenvalue weighted by atomic mass is 10.1. The SMILES string of the molecule is CNC(C)CCCCOCCOC. The van der Waals surface area contributed by atoms with Gasteiger partial charge in [0.2, 0.25) is 0 Å². The van der Waals surface area contributed by atoms with E-state index in [1.807, 2.05) is 7.05 Å². The van der Waals surface area contributed by atoms with Crippen LogP contribution in [0, 0.1) is 0 Å². The van der Waals surface area contributed by atoms with Gasteiger partial charge in [0, 0.05) is 19.8 Å². The topological polar surface area (TPSA) is 30.5 Å². The number of methoxy groups -OCH3 is 1. The fourth-order valence-corrected chi connectivity index (χ4v) is 1.04. The molecule has 0 spiro atoms. The monoisotopic (exact) mass is 189 g/mol. The standard InChI is InChI=1S/C10H23NO2/c1-10(11-2)6-4-5-7-13-9-8-12-3/h10-11H,4-9H2,1-3H3. The lowest BCUT2D eigenvalue weighted by Crippen LogP contribution is -2.20. The predicted molar refractivity (Wildman–Crippen MR) is 55.1 cm³/mol. The molecule has 80 valence electrons. The van der Waals surface area contributed by atoms with Crippen LogP contribution in [0.3, 0.4) is 0 Å². The number of hydrogen-bond acceptors (Lipinski definition) is 3. The molecule has 0 radical (unpaired) electrons. The van der Waals surface area contributed by atoms with Gasteiger partial charge in [-0.25, -0.2) is 0 Å². The molecule has 13 heavy (non-hydrogen) atoms. The Morgan fingerprint density at radius 2 is 1.92 bits per heavy atom. The molecule has 0 saturated carbocycles. The average Bonchev–Trinajstić information content (AvgIpc) is 2.16. The number of ether oxygens (including phenoxy) is 2. The Morgan fingerprint density at radius 3 is 2.54 bits per heavy atom. The van der Waals surface area contributed by atoms with Gasteiger partial charge < -0.3 is 14.8 Å². The maximum absolute atomic E-state index is 5.34. The number of hydrogen-bond donors (Lipinski definition) is 1. The molecule has 1 N–H and O–H groups in total. The zero-order valence-electron chi connectivity index (χ0n) is 9.14. The van der Waals surface area contributed by atoms with Crippen molar-refractivity contribution in [3.63, 3.8) is 0 Å². The molecule has 0 aliphatic rings. The zero-order chi connectivity index (χ0) is 9.94. The van der Waals surface area contributed by atoms with Gasteiger partial charge in [0.05, 0.1) is 13.2 Å². The second-order valence-corrected chi connectivity index (χ2v) is 3.29. The van der Waals surface area contributed by atoms with Crippen LogP contribution < -0.4 is 5.32 Å². The minimum atomic E-state index is 0.624. The molecule has 0 heterocycles. The number of rotatable bonds is 9. The van der Waals surface area contributed by atoms with E-state index in [2.05, 4.69) is 12.2 Å². The Balaban J connectivity index is 2.91. The van der Waals surface area contributed by atoms with E-state index in [0.29, 0.717) is 12.6 Å². The first-order valence-corrected chi connectivity index (χ1v) is 5.05. The fourth-order valence-electron chi connectivity index (χ4n) is 1.04. The van der Waals surface area contributed by atoms with Crippen LogP contribution in [0.15, 0.2) is 0 Å². The van der Waals surface area contributed by atoms with E-state index in [0.717, 1.165) is 19.6 Å². The van der Waals surface area contributed by atoms with Crippen molar-refractivity contribution in [1.82, 2.24) is 5.32 Å². The lowest BCUT2D eigenvalue weighted by Gasteiger charge is -2.09. The van der Waals surface area contributed by atoms with Crippen molar-refractivity contribution in [1.29, 1.82) is 0 Å². The van der Waals surface area contributed by atoms with Gasteiger partial charge in [-0.1, -0.05) is 0 Å². The van der Waals surface area contributed by atoms with Gasteiger partial charge in [-0.15, -0.1) is 0 Å². The van der Waals surface area contributed by atoms with Crippen LogP contribution in [0.4, 0.5) is 0 Å². The van der Waals surface area contributed by atoms with Crippen LogP contribution in [0.25, 0.3) is 0 Å². The maximum Gasteiger partial charge on any atom is 0.0700 e. The fraction of sp³-hybridized carbons (Fsp3) is 1.00. The molecule has 0 aliphatic carbocycles. The van der Waals surface area contributed by atoms with Crippen molar-refractivity contribution in [2.45, 2.75) is 32.2 Å². The first kappa shape index (κ1) is 12.9. The van der Waals surface area contributed by atoms with Gasteiger partial charge in [0.25, 0.3) is 0 Å². The summed E-state index contributed by atoms with van der Waals surface area (Å²) in [5, 5.41) is 3.22. The van der Waals surface area contributed by atoms with Gasteiger partial charge >= 0.3 is 0 Å². The molecule has 1 unspecified atom stereocenters. The highest BCUT2D eigenvalue weighted by Crippen LogP contribution is 1.99. The summed E-state index contributed by atoms with van der Waals surface area (Å²) >= 11 is 0. The Bertz CT molecular complexity index is 98.9. The Labute approximate surface area is 81.8 Å². The van der Waals surface area contributed by atoms with Crippen molar-refractivity contribution in [2.24, 2.45) is 0 Å². The first-order valence-electron chi connectivity index (χ1n) is 5.05. The summed E-state index contributed by atoms with van der Waals surface area (Å²) in [6.07, 6.45) is 3.61. The minimum Gasteiger partial charge on any atom is -0.382 e. The third-order valence-electron chi connectivity index (χ3n) is 2.10. The average molecular weight is 189 g/mol. The van der Waals surface area contributed by atoms with Crippen molar-refractivity contribution >= 4 is 0 Å². The molecule has 0 fully saturated rings. The van der Waals surface area contributed by atoms with Gasteiger partial charge in [0.1, 0.15) is 0 Å². The van der Waals surface area contributed by atoms with Crippen molar-refractivity contribution in [3.05, 3.63) is 0 Å². The molecule has 0 rings (SSSR count). The maximum atomic E-state index is 5.34. The van der Waals surface area contributed by atoms with E-state index in [1.165, 1.54) is 12.8 Å². The Hall–Kier alpha value is -0.120. The van der Waals surface area contributed by atoms with Crippen LogP contribution >= 0.6 is 0 Å². The predicted octanol–water partition coefficient (Wildman–Crippen LogP) is 1.43. The normalized spacial score (nSPS) is 13.2. The molecule has 0 saturated heterocycles. The van der Waals surface area contributed by atoms with E-state index in [1.54, 1.807) is 7.11 Å². The summed E-state index contributed by atoms with van der Waals surface area (Å²) in [5.41, 5.74) is 0. The van der Waals surface area contributed by atoms with Crippen molar-refractivity contribution in [3.8, 4) is 0 Å². The molecule has 0 aromatic carbocycles. The van der Waals surface area contributed by atoms with Gasteiger partial charge in [-0.2, -0.15) is 0 Å². The highest BCUT2D eigenvalue weighted by molar-refractivity contribution is 4.56. The largest absolute Gasteiger partial charge is 0.382 e. The van der Waals surface area contributed by atoms with Gasteiger partial charge in [0.15, 0.2) is 0 Å². The molecule has 1 atom stereocenters. The summed E-state index contributed by atoms with van der Waals surface area (Å²) in [6, 6.07) is 0.624.